The molecule has 2 N–H and O–H groups in total. The number of aryl methyl sites for hydroxylation is 2. The van der Waals surface area contributed by atoms with Gasteiger partial charge in [-0.25, -0.2) is 4.39 Å². The monoisotopic (exact) mass is 271 g/mol. The number of ether oxygens (including phenoxy) is 1. The van der Waals surface area contributed by atoms with Crippen molar-refractivity contribution in [1.29, 1.82) is 0 Å². The minimum absolute atomic E-state index is 0.111. The first-order valence-electron chi connectivity index (χ1n) is 6.84. The summed E-state index contributed by atoms with van der Waals surface area (Å²) in [4.78, 5) is 0. The third kappa shape index (κ3) is 2.18. The van der Waals surface area contributed by atoms with E-state index in [2.05, 4.69) is 26.0 Å². The van der Waals surface area contributed by atoms with Gasteiger partial charge in [0.05, 0.1) is 0 Å². The molecule has 0 saturated carbocycles. The fraction of sp³-hybridized carbons (Fsp3) is 0.294. The first kappa shape index (κ1) is 13.1. The van der Waals surface area contributed by atoms with Gasteiger partial charge in [-0.15, -0.1) is 0 Å². The maximum absolute atomic E-state index is 13.4. The predicted octanol–water partition coefficient (Wildman–Crippen LogP) is 3.97. The van der Waals surface area contributed by atoms with E-state index < -0.39 is 0 Å². The number of benzene rings is 2. The van der Waals surface area contributed by atoms with Gasteiger partial charge in [0.2, 0.25) is 0 Å². The van der Waals surface area contributed by atoms with E-state index in [1.54, 1.807) is 6.07 Å². The van der Waals surface area contributed by atoms with Gasteiger partial charge in [-0.1, -0.05) is 24.3 Å². The lowest BCUT2D eigenvalue weighted by Gasteiger charge is -2.32. The van der Waals surface area contributed by atoms with Crippen LogP contribution in [0.5, 0.6) is 5.75 Å². The van der Waals surface area contributed by atoms with Crippen LogP contribution in [0.1, 0.15) is 40.8 Å². The summed E-state index contributed by atoms with van der Waals surface area (Å²) in [6, 6.07) is 10.6. The number of rotatable bonds is 1. The zero-order valence-corrected chi connectivity index (χ0v) is 11.7. The Kier molecular flexibility index (Phi) is 3.22. The highest BCUT2D eigenvalue weighted by Gasteiger charge is 2.29. The van der Waals surface area contributed by atoms with E-state index in [0.717, 1.165) is 11.1 Å². The van der Waals surface area contributed by atoms with Crippen molar-refractivity contribution in [2.24, 2.45) is 5.73 Å². The summed E-state index contributed by atoms with van der Waals surface area (Å²) in [7, 11) is 0. The molecular formula is C17H18FNO. The summed E-state index contributed by atoms with van der Waals surface area (Å²) < 4.78 is 19.4. The number of nitrogens with two attached hydrogens (primary N) is 1. The molecule has 1 aliphatic rings. The molecule has 0 saturated heterocycles. The molecule has 104 valence electrons. The molecule has 3 rings (SSSR count). The molecule has 2 atom stereocenters. The smallest absolute Gasteiger partial charge is 0.127 e. The van der Waals surface area contributed by atoms with Gasteiger partial charge >= 0.3 is 0 Å². The Bertz CT molecular complexity index is 633. The Hall–Kier alpha value is -1.87. The summed E-state index contributed by atoms with van der Waals surface area (Å²) in [5, 5.41) is 0. The Balaban J connectivity index is 2.03. The topological polar surface area (TPSA) is 35.2 Å². The van der Waals surface area contributed by atoms with Crippen LogP contribution in [0.25, 0.3) is 0 Å². The highest BCUT2D eigenvalue weighted by Crippen LogP contribution is 2.41. The third-order valence-electron chi connectivity index (χ3n) is 3.98. The van der Waals surface area contributed by atoms with Crippen LogP contribution in [0.4, 0.5) is 4.39 Å². The first-order chi connectivity index (χ1) is 9.56. The molecular weight excluding hydrogens is 253 g/mol. The first-order valence-corrected chi connectivity index (χ1v) is 6.84. The molecule has 1 heterocycles. The predicted molar refractivity (Wildman–Crippen MR) is 77.2 cm³/mol. The van der Waals surface area contributed by atoms with Crippen LogP contribution in [0.3, 0.4) is 0 Å². The van der Waals surface area contributed by atoms with Crippen molar-refractivity contribution >= 4 is 0 Å². The van der Waals surface area contributed by atoms with Crippen molar-refractivity contribution < 1.29 is 9.13 Å². The van der Waals surface area contributed by atoms with Crippen LogP contribution >= 0.6 is 0 Å². The Morgan fingerprint density at radius 3 is 2.55 bits per heavy atom. The van der Waals surface area contributed by atoms with Gasteiger partial charge < -0.3 is 10.5 Å². The van der Waals surface area contributed by atoms with E-state index in [0.29, 0.717) is 12.2 Å². The largest absolute Gasteiger partial charge is 0.485 e. The molecule has 1 unspecified atom stereocenters. The second-order valence-corrected chi connectivity index (χ2v) is 5.44. The van der Waals surface area contributed by atoms with Gasteiger partial charge in [-0.05, 0) is 36.6 Å². The molecule has 2 nitrogen and oxygen atoms in total. The van der Waals surface area contributed by atoms with Crippen molar-refractivity contribution in [3.05, 3.63) is 64.5 Å². The molecule has 0 amide bonds. The van der Waals surface area contributed by atoms with Crippen molar-refractivity contribution in [1.82, 2.24) is 0 Å². The van der Waals surface area contributed by atoms with Gasteiger partial charge in [0, 0.05) is 24.1 Å². The lowest BCUT2D eigenvalue weighted by molar-refractivity contribution is 0.159. The van der Waals surface area contributed by atoms with Crippen LogP contribution in [-0.2, 0) is 0 Å². The lowest BCUT2D eigenvalue weighted by atomic mass is 9.89. The molecule has 0 radical (unpaired) electrons. The molecule has 0 spiro atoms. The Morgan fingerprint density at radius 1 is 1.15 bits per heavy atom. The normalized spacial score (nSPS) is 21.2. The van der Waals surface area contributed by atoms with E-state index in [1.807, 2.05) is 6.07 Å². The van der Waals surface area contributed by atoms with Crippen molar-refractivity contribution in [3.63, 3.8) is 0 Å². The van der Waals surface area contributed by atoms with Crippen molar-refractivity contribution in [2.75, 3.05) is 0 Å². The van der Waals surface area contributed by atoms with Gasteiger partial charge in [-0.3, -0.25) is 0 Å². The van der Waals surface area contributed by atoms with Crippen LogP contribution in [-0.4, -0.2) is 0 Å². The van der Waals surface area contributed by atoms with Crippen LogP contribution in [0.2, 0.25) is 0 Å². The van der Waals surface area contributed by atoms with E-state index >= 15 is 0 Å². The molecule has 2 aromatic rings. The fourth-order valence-electron chi connectivity index (χ4n) is 2.99. The van der Waals surface area contributed by atoms with Crippen molar-refractivity contribution in [3.8, 4) is 5.75 Å². The summed E-state index contributed by atoms with van der Waals surface area (Å²) in [6.45, 7) is 4.14. The van der Waals surface area contributed by atoms with Gasteiger partial charge in [-0.2, -0.15) is 0 Å². The van der Waals surface area contributed by atoms with Gasteiger partial charge in [0.1, 0.15) is 17.7 Å². The summed E-state index contributed by atoms with van der Waals surface area (Å²) in [6.07, 6.45) is 0.602. The second-order valence-electron chi connectivity index (χ2n) is 5.44. The zero-order valence-electron chi connectivity index (χ0n) is 11.7. The molecule has 0 aromatic heterocycles. The third-order valence-corrected chi connectivity index (χ3v) is 3.98. The highest BCUT2D eigenvalue weighted by atomic mass is 19.1. The maximum atomic E-state index is 13.4. The van der Waals surface area contributed by atoms with Crippen LogP contribution in [0.15, 0.2) is 36.4 Å². The quantitative estimate of drug-likeness (QED) is 0.852. The minimum Gasteiger partial charge on any atom is -0.485 e. The summed E-state index contributed by atoms with van der Waals surface area (Å²) in [5.74, 6) is 0.273. The standard InChI is InChI=1S/C17H18FNO/c1-10-4-3-5-11(2)17(10)16-9-14(19)13-7-6-12(18)8-15(13)20-16/h3-8,14,16H,9,19H2,1-2H3/t14-,16?/m1/s1. The molecule has 0 fully saturated rings. The van der Waals surface area contributed by atoms with Gasteiger partial charge in [0.15, 0.2) is 0 Å². The van der Waals surface area contributed by atoms with Crippen molar-refractivity contribution in [2.45, 2.75) is 32.4 Å². The van der Waals surface area contributed by atoms with Crippen LogP contribution < -0.4 is 10.5 Å². The molecule has 1 aliphatic heterocycles. The zero-order chi connectivity index (χ0) is 14.3. The van der Waals surface area contributed by atoms with Gasteiger partial charge in [0.25, 0.3) is 0 Å². The Morgan fingerprint density at radius 2 is 1.85 bits per heavy atom. The lowest BCUT2D eigenvalue weighted by Crippen LogP contribution is -2.25. The average molecular weight is 271 g/mol. The van der Waals surface area contributed by atoms with E-state index in [1.165, 1.54) is 23.3 Å². The second kappa shape index (κ2) is 4.91. The van der Waals surface area contributed by atoms with Crippen LogP contribution in [0, 0.1) is 19.7 Å². The Labute approximate surface area is 118 Å². The van der Waals surface area contributed by atoms with E-state index in [-0.39, 0.29) is 18.0 Å². The number of hydrogen-bond donors (Lipinski definition) is 1. The molecule has 0 aliphatic carbocycles. The molecule has 0 bridgehead atoms. The SMILES string of the molecule is Cc1cccc(C)c1C1C[C@@H](N)c2ccc(F)cc2O1. The molecule has 2 aromatic carbocycles. The summed E-state index contributed by atoms with van der Waals surface area (Å²) in [5.41, 5.74) is 10.6. The highest BCUT2D eigenvalue weighted by molar-refractivity contribution is 5.42. The minimum atomic E-state index is -0.293. The summed E-state index contributed by atoms with van der Waals surface area (Å²) >= 11 is 0. The van der Waals surface area contributed by atoms with E-state index in [9.17, 15) is 4.39 Å². The number of hydrogen-bond acceptors (Lipinski definition) is 2. The number of fused-ring (bicyclic) bond motifs is 1. The molecule has 3 heteroatoms. The van der Waals surface area contributed by atoms with E-state index in [4.69, 9.17) is 10.5 Å². The molecule has 20 heavy (non-hydrogen) atoms. The fourth-order valence-corrected chi connectivity index (χ4v) is 2.99. The maximum Gasteiger partial charge on any atom is 0.127 e. The average Bonchev–Trinajstić information content (AvgIpc) is 2.38. The number of halogens is 1.